The van der Waals surface area contributed by atoms with Gasteiger partial charge in [0.15, 0.2) is 11.2 Å². The molecule has 0 aliphatic heterocycles. The van der Waals surface area contributed by atoms with E-state index in [-0.39, 0.29) is 28.2 Å². The number of carbonyl (C=O) groups is 4. The van der Waals surface area contributed by atoms with Gasteiger partial charge in [0.1, 0.15) is 11.2 Å². The van der Waals surface area contributed by atoms with Crippen molar-refractivity contribution in [3.8, 4) is 0 Å². The first-order valence-electron chi connectivity index (χ1n) is 13.4. The maximum absolute atomic E-state index is 13.3. The van der Waals surface area contributed by atoms with E-state index in [4.69, 9.17) is 13.9 Å². The van der Waals surface area contributed by atoms with Crippen LogP contribution in [0.4, 0.5) is 16.2 Å². The van der Waals surface area contributed by atoms with E-state index in [1.54, 1.807) is 69.3 Å². The Morgan fingerprint density at radius 3 is 2.28 bits per heavy atom. The van der Waals surface area contributed by atoms with E-state index < -0.39 is 34.9 Å². The summed E-state index contributed by atoms with van der Waals surface area (Å²) in [5.41, 5.74) is 0.783. The highest BCUT2D eigenvalue weighted by Gasteiger charge is 2.20. The lowest BCUT2D eigenvalue weighted by Gasteiger charge is -2.19. The summed E-state index contributed by atoms with van der Waals surface area (Å²) >= 11 is 0. The van der Waals surface area contributed by atoms with E-state index in [0.29, 0.717) is 24.0 Å². The Morgan fingerprint density at radius 1 is 0.860 bits per heavy atom. The minimum Gasteiger partial charge on any atom is -0.465 e. The number of alkyl carbamates (subject to hydrolysis) is 1. The van der Waals surface area contributed by atoms with Gasteiger partial charge in [0.2, 0.25) is 0 Å². The highest BCUT2D eigenvalue weighted by Crippen LogP contribution is 2.22. The van der Waals surface area contributed by atoms with Gasteiger partial charge in [-0.25, -0.2) is 9.59 Å². The van der Waals surface area contributed by atoms with Crippen molar-refractivity contribution in [3.63, 3.8) is 0 Å². The average molecular weight is 586 g/mol. The van der Waals surface area contributed by atoms with Crippen molar-refractivity contribution in [2.24, 2.45) is 0 Å². The molecular formula is C32H31N3O8. The van der Waals surface area contributed by atoms with Crippen LogP contribution >= 0.6 is 0 Å². The molecule has 4 rings (SSSR count). The van der Waals surface area contributed by atoms with Crippen molar-refractivity contribution in [1.82, 2.24) is 5.32 Å². The monoisotopic (exact) mass is 585 g/mol. The van der Waals surface area contributed by atoms with Crippen LogP contribution in [0.1, 0.15) is 57.6 Å². The number of carbonyl (C=O) groups excluding carboxylic acids is 4. The number of hydrogen-bond donors (Lipinski definition) is 3. The van der Waals surface area contributed by atoms with Gasteiger partial charge in [-0.1, -0.05) is 24.3 Å². The van der Waals surface area contributed by atoms with Gasteiger partial charge in [-0.15, -0.1) is 0 Å². The van der Waals surface area contributed by atoms with Gasteiger partial charge in [0.25, 0.3) is 11.8 Å². The van der Waals surface area contributed by atoms with Gasteiger partial charge in [0, 0.05) is 18.3 Å². The third kappa shape index (κ3) is 8.07. The minimum atomic E-state index is -0.789. The van der Waals surface area contributed by atoms with Crippen LogP contribution in [0, 0.1) is 0 Å². The zero-order chi connectivity index (χ0) is 31.1. The van der Waals surface area contributed by atoms with Gasteiger partial charge in [-0.3, -0.25) is 14.4 Å². The molecule has 0 bridgehead atoms. The zero-order valence-corrected chi connectivity index (χ0v) is 24.1. The fraction of sp³-hybridized carbons (Fsp3) is 0.219. The second kappa shape index (κ2) is 13.0. The summed E-state index contributed by atoms with van der Waals surface area (Å²) in [5.74, 6) is -2.29. The number of benzene rings is 3. The summed E-state index contributed by atoms with van der Waals surface area (Å²) < 4.78 is 15.6. The molecule has 11 heteroatoms. The number of para-hydroxylation sites is 1. The van der Waals surface area contributed by atoms with Crippen molar-refractivity contribution in [2.75, 3.05) is 24.3 Å². The number of ether oxygens (including phenoxy) is 2. The molecule has 4 aromatic rings. The minimum absolute atomic E-state index is 0.00560. The number of esters is 1. The number of hydrogen-bond acceptors (Lipinski definition) is 8. The number of nitrogens with one attached hydrogen (secondary N) is 3. The van der Waals surface area contributed by atoms with E-state index in [1.165, 1.54) is 25.3 Å². The van der Waals surface area contributed by atoms with Crippen LogP contribution < -0.4 is 21.4 Å². The molecule has 1 heterocycles. The Labute approximate surface area is 247 Å². The fourth-order valence-corrected chi connectivity index (χ4v) is 4.07. The normalized spacial score (nSPS) is 11.0. The van der Waals surface area contributed by atoms with Crippen LogP contribution in [0.3, 0.4) is 0 Å². The van der Waals surface area contributed by atoms with E-state index in [1.807, 2.05) is 0 Å². The van der Waals surface area contributed by atoms with Gasteiger partial charge >= 0.3 is 12.1 Å². The Balaban J connectivity index is 1.49. The van der Waals surface area contributed by atoms with E-state index in [0.717, 1.165) is 11.6 Å². The highest BCUT2D eigenvalue weighted by molar-refractivity contribution is 6.13. The molecule has 0 saturated heterocycles. The number of rotatable bonds is 8. The van der Waals surface area contributed by atoms with Crippen LogP contribution in [0.25, 0.3) is 11.0 Å². The third-order valence-corrected chi connectivity index (χ3v) is 6.09. The van der Waals surface area contributed by atoms with Gasteiger partial charge in [-0.05, 0) is 75.2 Å². The molecule has 3 aromatic carbocycles. The molecule has 0 aliphatic carbocycles. The molecule has 0 unspecified atom stereocenters. The largest absolute Gasteiger partial charge is 0.465 e. The molecule has 222 valence electrons. The molecule has 0 fully saturated rings. The molecule has 0 spiro atoms. The molecule has 0 saturated carbocycles. The molecule has 43 heavy (non-hydrogen) atoms. The predicted octanol–water partition coefficient (Wildman–Crippen LogP) is 5.15. The fourth-order valence-electron chi connectivity index (χ4n) is 4.07. The molecule has 3 amide bonds. The first-order valence-corrected chi connectivity index (χ1v) is 13.4. The maximum Gasteiger partial charge on any atom is 0.407 e. The van der Waals surface area contributed by atoms with Crippen molar-refractivity contribution < 1.29 is 33.1 Å². The zero-order valence-electron chi connectivity index (χ0n) is 24.1. The lowest BCUT2D eigenvalue weighted by molar-refractivity contribution is 0.0527. The van der Waals surface area contributed by atoms with Crippen molar-refractivity contribution in [2.45, 2.75) is 32.8 Å². The Morgan fingerprint density at radius 2 is 1.58 bits per heavy atom. The van der Waals surface area contributed by atoms with E-state index in [2.05, 4.69) is 16.0 Å². The first kappa shape index (κ1) is 30.5. The first-order chi connectivity index (χ1) is 20.4. The smallest absolute Gasteiger partial charge is 0.407 e. The van der Waals surface area contributed by atoms with Crippen molar-refractivity contribution in [1.29, 1.82) is 0 Å². The van der Waals surface area contributed by atoms with Crippen LogP contribution in [-0.2, 0) is 15.9 Å². The number of fused-ring (bicyclic) bond motifs is 1. The number of amides is 3. The molecule has 1 aromatic heterocycles. The molecular weight excluding hydrogens is 554 g/mol. The lowest BCUT2D eigenvalue weighted by Crippen LogP contribution is -2.33. The van der Waals surface area contributed by atoms with Crippen LogP contribution in [0.15, 0.2) is 82.0 Å². The quantitative estimate of drug-likeness (QED) is 0.240. The second-order valence-electron chi connectivity index (χ2n) is 10.5. The molecule has 3 N–H and O–H groups in total. The van der Waals surface area contributed by atoms with Crippen molar-refractivity contribution >= 4 is 46.2 Å². The summed E-state index contributed by atoms with van der Waals surface area (Å²) in [4.78, 5) is 62.8. The van der Waals surface area contributed by atoms with E-state index in [9.17, 15) is 24.0 Å². The Hall–Kier alpha value is -5.45. The molecule has 11 nitrogen and oxygen atoms in total. The SMILES string of the molecule is COC(=O)c1ccc(C(=O)Nc2ccc(CCNC(=O)OC(C)(C)C)cc2)c(NC(=O)c2cc(=O)c3ccccc3o2)c1. The van der Waals surface area contributed by atoms with Gasteiger partial charge < -0.3 is 29.8 Å². The summed E-state index contributed by atoms with van der Waals surface area (Å²) in [5, 5.41) is 8.35. The lowest BCUT2D eigenvalue weighted by atomic mass is 10.1. The van der Waals surface area contributed by atoms with Crippen molar-refractivity contribution in [3.05, 3.63) is 105 Å². The average Bonchev–Trinajstić information content (AvgIpc) is 2.96. The van der Waals surface area contributed by atoms with E-state index >= 15 is 0 Å². The summed E-state index contributed by atoms with van der Waals surface area (Å²) in [7, 11) is 1.21. The topological polar surface area (TPSA) is 153 Å². The Kier molecular flexibility index (Phi) is 9.24. The molecule has 0 aliphatic rings. The summed E-state index contributed by atoms with van der Waals surface area (Å²) in [6, 6.07) is 18.6. The standard InChI is InChI=1S/C32H31N3O8/c1-32(2,3)43-31(40)33-16-15-19-9-12-21(13-10-19)34-28(37)22-14-11-20(30(39)41-4)17-24(22)35-29(38)27-18-25(36)23-7-5-6-8-26(23)42-27/h5-14,17-18H,15-16H2,1-4H3,(H,33,40)(H,34,37)(H,35,38). The maximum atomic E-state index is 13.3. The Bertz CT molecular complexity index is 1740. The van der Waals surface area contributed by atoms with Gasteiger partial charge in [-0.2, -0.15) is 0 Å². The van der Waals surface area contributed by atoms with Crippen LogP contribution in [-0.4, -0.2) is 43.1 Å². The number of anilines is 2. The summed E-state index contributed by atoms with van der Waals surface area (Å²) in [6.45, 7) is 5.73. The molecule has 0 atom stereocenters. The summed E-state index contributed by atoms with van der Waals surface area (Å²) in [6.07, 6.45) is 0.0454. The predicted molar refractivity (Wildman–Crippen MR) is 161 cm³/mol. The van der Waals surface area contributed by atoms with Gasteiger partial charge in [0.05, 0.1) is 29.3 Å². The second-order valence-corrected chi connectivity index (χ2v) is 10.5. The highest BCUT2D eigenvalue weighted by atomic mass is 16.6. The molecule has 0 radical (unpaired) electrons. The third-order valence-electron chi connectivity index (χ3n) is 6.09. The van der Waals surface area contributed by atoms with Crippen LogP contribution in [0.5, 0.6) is 0 Å². The van der Waals surface area contributed by atoms with Crippen LogP contribution in [0.2, 0.25) is 0 Å². The number of methoxy groups -OCH3 is 1.